The quantitative estimate of drug-likeness (QED) is 0.824. The Morgan fingerprint density at radius 3 is 2.25 bits per heavy atom. The zero-order valence-corrected chi connectivity index (χ0v) is 12.6. The number of hydrogen-bond donors (Lipinski definition) is 1. The van der Waals surface area contributed by atoms with Crippen molar-refractivity contribution in [3.63, 3.8) is 0 Å². The summed E-state index contributed by atoms with van der Waals surface area (Å²) < 4.78 is 38.9. The van der Waals surface area contributed by atoms with Crippen LogP contribution in [-0.4, -0.2) is 0 Å². The van der Waals surface area contributed by atoms with Crippen molar-refractivity contribution in [2.24, 2.45) is 5.73 Å². The second-order valence-electron chi connectivity index (χ2n) is 4.08. The molecule has 20 heavy (non-hydrogen) atoms. The molecule has 6 heteroatoms. The molecule has 2 aromatic carbocycles. The Morgan fingerprint density at radius 2 is 1.70 bits per heavy atom. The molecule has 0 aromatic heterocycles. The average molecular weight is 362 g/mol. The molecule has 0 amide bonds. The van der Waals surface area contributed by atoms with Gasteiger partial charge < -0.3 is 5.73 Å². The van der Waals surface area contributed by atoms with Gasteiger partial charge in [-0.15, -0.1) is 0 Å². The number of hydrogen-bond acceptors (Lipinski definition) is 2. The zero-order valence-electron chi connectivity index (χ0n) is 10.2. The minimum Gasteiger partial charge on any atom is -0.326 e. The fraction of sp³-hybridized carbons (Fsp3) is 0.143. The molecule has 106 valence electrons. The molecule has 0 fully saturated rings. The van der Waals surface area contributed by atoms with Crippen molar-refractivity contribution in [2.75, 3.05) is 0 Å². The molecule has 2 rings (SSSR count). The first kappa shape index (κ1) is 15.4. The highest BCUT2D eigenvalue weighted by Crippen LogP contribution is 2.35. The van der Waals surface area contributed by atoms with Gasteiger partial charge in [0.15, 0.2) is 0 Å². The molecule has 0 spiro atoms. The van der Waals surface area contributed by atoms with E-state index in [9.17, 15) is 13.2 Å². The second-order valence-corrected chi connectivity index (χ2v) is 6.11. The minimum atomic E-state index is -4.34. The highest BCUT2D eigenvalue weighted by atomic mass is 79.9. The molecule has 0 atom stereocenters. The maximum Gasteiger partial charge on any atom is 0.416 e. The normalized spacial score (nSPS) is 11.7. The summed E-state index contributed by atoms with van der Waals surface area (Å²) in [5, 5.41) is 0. The number of nitrogens with two attached hydrogens (primary N) is 1. The minimum absolute atomic E-state index is 0.0722. The van der Waals surface area contributed by atoms with Crippen molar-refractivity contribution in [1.29, 1.82) is 0 Å². The lowest BCUT2D eigenvalue weighted by Gasteiger charge is -2.12. The lowest BCUT2D eigenvalue weighted by atomic mass is 10.1. The Hall–Kier alpha value is -0.980. The van der Waals surface area contributed by atoms with Crippen molar-refractivity contribution < 1.29 is 13.2 Å². The standard InChI is InChI=1S/C14H11BrF3NS/c15-11-2-4-12(5-3-11)20-13-6-1-10(14(16,17)18)7-9(13)8-19/h1-7H,8,19H2. The van der Waals surface area contributed by atoms with Crippen molar-refractivity contribution >= 4 is 27.7 Å². The third-order valence-electron chi connectivity index (χ3n) is 2.65. The molecule has 0 unspecified atom stereocenters. The van der Waals surface area contributed by atoms with E-state index in [1.807, 2.05) is 24.3 Å². The monoisotopic (exact) mass is 361 g/mol. The molecule has 2 N–H and O–H groups in total. The molecule has 0 radical (unpaired) electrons. The summed E-state index contributed by atoms with van der Waals surface area (Å²) in [7, 11) is 0. The van der Waals surface area contributed by atoms with Gasteiger partial charge in [-0.1, -0.05) is 27.7 Å². The van der Waals surface area contributed by atoms with E-state index in [-0.39, 0.29) is 6.54 Å². The highest BCUT2D eigenvalue weighted by Gasteiger charge is 2.30. The van der Waals surface area contributed by atoms with E-state index in [2.05, 4.69) is 15.9 Å². The number of benzene rings is 2. The average Bonchev–Trinajstić information content (AvgIpc) is 2.40. The van der Waals surface area contributed by atoms with Gasteiger partial charge in [0.1, 0.15) is 0 Å². The highest BCUT2D eigenvalue weighted by molar-refractivity contribution is 9.10. The first-order chi connectivity index (χ1) is 9.40. The van der Waals surface area contributed by atoms with E-state index >= 15 is 0 Å². The molecular formula is C14H11BrF3NS. The predicted octanol–water partition coefficient (Wildman–Crippen LogP) is 5.08. The fourth-order valence-corrected chi connectivity index (χ4v) is 2.84. The molecule has 0 saturated heterocycles. The van der Waals surface area contributed by atoms with E-state index in [1.54, 1.807) is 0 Å². The summed E-state index contributed by atoms with van der Waals surface area (Å²) in [6.07, 6.45) is -4.34. The molecule has 1 nitrogen and oxygen atoms in total. The smallest absolute Gasteiger partial charge is 0.326 e. The van der Waals surface area contributed by atoms with Gasteiger partial charge in [0.2, 0.25) is 0 Å². The SMILES string of the molecule is NCc1cc(C(F)(F)F)ccc1Sc1ccc(Br)cc1. The Kier molecular flexibility index (Phi) is 4.78. The maximum atomic E-state index is 12.7. The Morgan fingerprint density at radius 1 is 1.05 bits per heavy atom. The first-order valence-electron chi connectivity index (χ1n) is 5.74. The van der Waals surface area contributed by atoms with Gasteiger partial charge in [0.05, 0.1) is 5.56 Å². The van der Waals surface area contributed by atoms with Crippen LogP contribution in [0.1, 0.15) is 11.1 Å². The first-order valence-corrected chi connectivity index (χ1v) is 7.34. The van der Waals surface area contributed by atoms with Crippen LogP contribution < -0.4 is 5.73 Å². The van der Waals surface area contributed by atoms with Crippen molar-refractivity contribution in [3.05, 3.63) is 58.1 Å². The molecule has 0 bridgehead atoms. The Bertz CT molecular complexity index is 596. The molecular weight excluding hydrogens is 351 g/mol. The van der Waals surface area contributed by atoms with E-state index in [0.717, 1.165) is 26.4 Å². The predicted molar refractivity (Wildman–Crippen MR) is 77.6 cm³/mol. The van der Waals surface area contributed by atoms with Gasteiger partial charge in [-0.2, -0.15) is 13.2 Å². The lowest BCUT2D eigenvalue weighted by Crippen LogP contribution is -2.07. The second kappa shape index (κ2) is 6.20. The van der Waals surface area contributed by atoms with Crippen LogP contribution in [-0.2, 0) is 12.7 Å². The summed E-state index contributed by atoms with van der Waals surface area (Å²) in [4.78, 5) is 1.69. The molecule has 0 heterocycles. The molecule has 0 aliphatic carbocycles. The number of rotatable bonds is 3. The van der Waals surface area contributed by atoms with Gasteiger partial charge in [0.25, 0.3) is 0 Å². The number of alkyl halides is 3. The summed E-state index contributed by atoms with van der Waals surface area (Å²) in [5.41, 5.74) is 5.38. The van der Waals surface area contributed by atoms with Crippen LogP contribution in [0.4, 0.5) is 13.2 Å². The van der Waals surface area contributed by atoms with Crippen LogP contribution in [0.15, 0.2) is 56.7 Å². The van der Waals surface area contributed by atoms with Crippen LogP contribution in [0.2, 0.25) is 0 Å². The van der Waals surface area contributed by atoms with Gasteiger partial charge in [-0.3, -0.25) is 0 Å². The van der Waals surface area contributed by atoms with E-state index in [0.29, 0.717) is 5.56 Å². The Balaban J connectivity index is 2.30. The maximum absolute atomic E-state index is 12.7. The van der Waals surface area contributed by atoms with Crippen molar-refractivity contribution in [1.82, 2.24) is 0 Å². The Labute approximate surface area is 127 Å². The summed E-state index contributed by atoms with van der Waals surface area (Å²) in [6.45, 7) is 0.0722. The van der Waals surface area contributed by atoms with Gasteiger partial charge in [0, 0.05) is 20.8 Å². The molecule has 2 aromatic rings. The van der Waals surface area contributed by atoms with Gasteiger partial charge >= 0.3 is 6.18 Å². The summed E-state index contributed by atoms with van der Waals surface area (Å²) in [5.74, 6) is 0. The van der Waals surface area contributed by atoms with E-state index in [1.165, 1.54) is 17.8 Å². The number of halogens is 4. The molecule has 0 aliphatic rings. The molecule has 0 aliphatic heterocycles. The third-order valence-corrected chi connectivity index (χ3v) is 4.30. The van der Waals surface area contributed by atoms with Crippen LogP contribution in [0.25, 0.3) is 0 Å². The van der Waals surface area contributed by atoms with Crippen LogP contribution >= 0.6 is 27.7 Å². The van der Waals surface area contributed by atoms with Crippen LogP contribution in [0.3, 0.4) is 0 Å². The van der Waals surface area contributed by atoms with Crippen LogP contribution in [0, 0.1) is 0 Å². The summed E-state index contributed by atoms with van der Waals surface area (Å²) in [6, 6.07) is 11.2. The topological polar surface area (TPSA) is 26.0 Å². The molecule has 0 saturated carbocycles. The van der Waals surface area contributed by atoms with Crippen molar-refractivity contribution in [3.8, 4) is 0 Å². The van der Waals surface area contributed by atoms with Gasteiger partial charge in [-0.05, 0) is 48.0 Å². The van der Waals surface area contributed by atoms with Crippen molar-refractivity contribution in [2.45, 2.75) is 22.5 Å². The van der Waals surface area contributed by atoms with Gasteiger partial charge in [-0.25, -0.2) is 0 Å². The van der Waals surface area contributed by atoms with E-state index in [4.69, 9.17) is 5.73 Å². The van der Waals surface area contributed by atoms with E-state index < -0.39 is 11.7 Å². The lowest BCUT2D eigenvalue weighted by molar-refractivity contribution is -0.137. The summed E-state index contributed by atoms with van der Waals surface area (Å²) >= 11 is 4.73. The fourth-order valence-electron chi connectivity index (χ4n) is 1.64. The largest absolute Gasteiger partial charge is 0.416 e. The zero-order chi connectivity index (χ0) is 14.8. The third kappa shape index (κ3) is 3.77. The van der Waals surface area contributed by atoms with Crippen LogP contribution in [0.5, 0.6) is 0 Å².